The molecule has 1 saturated heterocycles. The smallest absolute Gasteiger partial charge is 0.404 e. The third kappa shape index (κ3) is 1.86. The first-order chi connectivity index (χ1) is 8.14. The summed E-state index contributed by atoms with van der Waals surface area (Å²) in [5, 5.41) is 24.8. The molecule has 1 aliphatic carbocycles. The second kappa shape index (κ2) is 4.64. The zero-order valence-electron chi connectivity index (χ0n) is 9.84. The van der Waals surface area contributed by atoms with Crippen LogP contribution in [0.4, 0.5) is 4.79 Å². The van der Waals surface area contributed by atoms with Crippen molar-refractivity contribution in [3.8, 4) is 0 Å². The molecular formula is C10H15ClN4O2S. The Balaban J connectivity index is 0.00000120. The monoisotopic (exact) mass is 290 g/mol. The highest BCUT2D eigenvalue weighted by molar-refractivity contribution is 7.11. The molecule has 6 nitrogen and oxygen atoms in total. The average molecular weight is 291 g/mol. The fraction of sp³-hybridized carbons (Fsp3) is 0.700. The maximum absolute atomic E-state index is 10.7. The number of amides is 1. The molecule has 0 spiro atoms. The summed E-state index contributed by atoms with van der Waals surface area (Å²) in [6.45, 7) is 4.28. The Kier molecular flexibility index (Phi) is 3.48. The van der Waals surface area contributed by atoms with E-state index >= 15 is 0 Å². The van der Waals surface area contributed by atoms with Crippen molar-refractivity contribution < 1.29 is 9.90 Å². The van der Waals surface area contributed by atoms with Crippen molar-refractivity contribution in [1.29, 1.82) is 0 Å². The van der Waals surface area contributed by atoms with Crippen LogP contribution in [0, 0.1) is 18.8 Å². The maximum atomic E-state index is 10.7. The van der Waals surface area contributed by atoms with Crippen LogP contribution in [0.15, 0.2) is 0 Å². The second-order valence-electron chi connectivity index (χ2n) is 4.70. The van der Waals surface area contributed by atoms with Crippen molar-refractivity contribution >= 4 is 29.8 Å². The summed E-state index contributed by atoms with van der Waals surface area (Å²) in [5.41, 5.74) is -0.102. The molecule has 3 atom stereocenters. The third-order valence-corrected chi connectivity index (χ3v) is 4.92. The lowest BCUT2D eigenvalue weighted by atomic mass is 10.0. The molecule has 0 unspecified atom stereocenters. The second-order valence-corrected chi connectivity index (χ2v) is 5.88. The Morgan fingerprint density at radius 1 is 1.56 bits per heavy atom. The fourth-order valence-electron chi connectivity index (χ4n) is 3.01. The van der Waals surface area contributed by atoms with Gasteiger partial charge in [0, 0.05) is 6.54 Å². The minimum atomic E-state index is -0.969. The number of rotatable bonds is 3. The molecule has 100 valence electrons. The molecule has 1 saturated carbocycles. The molecule has 2 heterocycles. The van der Waals surface area contributed by atoms with Crippen LogP contribution in [-0.4, -0.2) is 41.0 Å². The number of piperidine rings is 1. The minimum Gasteiger partial charge on any atom is -0.465 e. The van der Waals surface area contributed by atoms with E-state index in [4.69, 9.17) is 5.11 Å². The van der Waals surface area contributed by atoms with Gasteiger partial charge in [-0.3, -0.25) is 0 Å². The number of halogens is 1. The molecule has 2 fully saturated rings. The van der Waals surface area contributed by atoms with Gasteiger partial charge in [-0.1, -0.05) is 0 Å². The standard InChI is InChI=1S/C10H14N4O2S.ClH/c1-5-13-14-8(17-5)10(4-12-9(15)16)6-2-11-3-7(6)10;/h6-7,11-12H,2-4H2,1H3,(H,15,16);1H/t6-,7+,10-;. The van der Waals surface area contributed by atoms with Crippen molar-refractivity contribution in [2.75, 3.05) is 19.6 Å². The molecule has 1 amide bonds. The molecule has 1 aromatic rings. The van der Waals surface area contributed by atoms with Crippen LogP contribution in [0.25, 0.3) is 0 Å². The quantitative estimate of drug-likeness (QED) is 0.760. The summed E-state index contributed by atoms with van der Waals surface area (Å²) in [6.07, 6.45) is -0.969. The molecule has 0 aromatic carbocycles. The molecule has 0 radical (unpaired) electrons. The predicted molar refractivity (Wildman–Crippen MR) is 69.4 cm³/mol. The highest BCUT2D eigenvalue weighted by Crippen LogP contribution is 2.61. The van der Waals surface area contributed by atoms with E-state index in [0.717, 1.165) is 23.1 Å². The number of nitrogens with zero attached hydrogens (tertiary/aromatic N) is 2. The molecule has 8 heteroatoms. The van der Waals surface area contributed by atoms with Crippen molar-refractivity contribution in [2.24, 2.45) is 11.8 Å². The molecule has 2 aliphatic rings. The summed E-state index contributed by atoms with van der Waals surface area (Å²) >= 11 is 1.58. The van der Waals surface area contributed by atoms with Crippen LogP contribution in [-0.2, 0) is 5.41 Å². The Labute approximate surface area is 115 Å². The van der Waals surface area contributed by atoms with Crippen molar-refractivity contribution in [3.63, 3.8) is 0 Å². The highest BCUT2D eigenvalue weighted by atomic mass is 35.5. The van der Waals surface area contributed by atoms with Gasteiger partial charge < -0.3 is 15.7 Å². The van der Waals surface area contributed by atoms with Gasteiger partial charge in [-0.2, -0.15) is 0 Å². The number of hydrogen-bond donors (Lipinski definition) is 3. The van der Waals surface area contributed by atoms with Crippen LogP contribution in [0.1, 0.15) is 10.0 Å². The summed E-state index contributed by atoms with van der Waals surface area (Å²) in [7, 11) is 0. The largest absolute Gasteiger partial charge is 0.465 e. The fourth-order valence-corrected chi connectivity index (χ4v) is 4.02. The normalized spacial score (nSPS) is 32.5. The lowest BCUT2D eigenvalue weighted by Gasteiger charge is -2.17. The van der Waals surface area contributed by atoms with Crippen LogP contribution < -0.4 is 10.6 Å². The number of carbonyl (C=O) groups is 1. The highest BCUT2D eigenvalue weighted by Gasteiger charge is 2.68. The van der Waals surface area contributed by atoms with E-state index in [1.807, 2.05) is 6.92 Å². The van der Waals surface area contributed by atoms with Crippen LogP contribution in [0.3, 0.4) is 0 Å². The molecular weight excluding hydrogens is 276 g/mol. The zero-order valence-corrected chi connectivity index (χ0v) is 11.5. The van der Waals surface area contributed by atoms with E-state index < -0.39 is 6.09 Å². The van der Waals surface area contributed by atoms with E-state index in [9.17, 15) is 4.79 Å². The van der Waals surface area contributed by atoms with Crippen LogP contribution in [0.5, 0.6) is 0 Å². The third-order valence-electron chi connectivity index (χ3n) is 3.88. The number of aromatic nitrogens is 2. The van der Waals surface area contributed by atoms with Gasteiger partial charge in [0.05, 0.1) is 5.41 Å². The van der Waals surface area contributed by atoms with Crippen LogP contribution >= 0.6 is 23.7 Å². The van der Waals surface area contributed by atoms with Gasteiger partial charge in [-0.15, -0.1) is 33.9 Å². The van der Waals surface area contributed by atoms with Crippen molar-refractivity contribution in [3.05, 3.63) is 10.0 Å². The van der Waals surface area contributed by atoms with Gasteiger partial charge in [0.25, 0.3) is 0 Å². The van der Waals surface area contributed by atoms with E-state index in [0.29, 0.717) is 18.4 Å². The Morgan fingerprint density at radius 2 is 2.22 bits per heavy atom. The SMILES string of the molecule is Cc1nnc([C@]2(CNC(=O)O)[C@@H]3CNC[C@@H]32)s1.Cl. The van der Waals surface area contributed by atoms with E-state index in [1.54, 1.807) is 11.3 Å². The first-order valence-corrected chi connectivity index (χ1v) is 6.44. The van der Waals surface area contributed by atoms with Gasteiger partial charge in [0.15, 0.2) is 0 Å². The van der Waals surface area contributed by atoms with Crippen molar-refractivity contribution in [1.82, 2.24) is 20.8 Å². The molecule has 1 aromatic heterocycles. The maximum Gasteiger partial charge on any atom is 0.404 e. The van der Waals surface area contributed by atoms with Gasteiger partial charge >= 0.3 is 6.09 Å². The van der Waals surface area contributed by atoms with Gasteiger partial charge in [0.1, 0.15) is 10.0 Å². The van der Waals surface area contributed by atoms with Crippen LogP contribution in [0.2, 0.25) is 0 Å². The molecule has 18 heavy (non-hydrogen) atoms. The Morgan fingerprint density at radius 3 is 2.72 bits per heavy atom. The predicted octanol–water partition coefficient (Wildman–Crippen LogP) is 0.623. The Hall–Kier alpha value is -0.920. The van der Waals surface area contributed by atoms with Gasteiger partial charge in [-0.25, -0.2) is 4.79 Å². The number of aryl methyl sites for hydroxylation is 1. The number of carboxylic acid groups (broad SMARTS) is 1. The summed E-state index contributed by atoms with van der Waals surface area (Å²) in [4.78, 5) is 10.7. The average Bonchev–Trinajstić information content (AvgIpc) is 2.73. The summed E-state index contributed by atoms with van der Waals surface area (Å²) in [6, 6.07) is 0. The molecule has 0 bridgehead atoms. The number of fused-ring (bicyclic) bond motifs is 1. The number of nitrogens with one attached hydrogen (secondary N) is 2. The van der Waals surface area contributed by atoms with Gasteiger partial charge in [-0.05, 0) is 31.8 Å². The summed E-state index contributed by atoms with van der Waals surface area (Å²) in [5.74, 6) is 1.00. The lowest BCUT2D eigenvalue weighted by molar-refractivity contribution is 0.192. The Bertz CT molecular complexity index is 456. The lowest BCUT2D eigenvalue weighted by Crippen LogP contribution is -2.37. The van der Waals surface area contributed by atoms with Crippen molar-refractivity contribution in [2.45, 2.75) is 12.3 Å². The first kappa shape index (κ1) is 13.5. The van der Waals surface area contributed by atoms with Gasteiger partial charge in [0.2, 0.25) is 0 Å². The number of hydrogen-bond acceptors (Lipinski definition) is 5. The molecule has 3 N–H and O–H groups in total. The molecule has 3 rings (SSSR count). The summed E-state index contributed by atoms with van der Waals surface area (Å²) < 4.78 is 0. The topological polar surface area (TPSA) is 87.1 Å². The first-order valence-electron chi connectivity index (χ1n) is 5.62. The van der Waals surface area contributed by atoms with E-state index in [2.05, 4.69) is 20.8 Å². The zero-order chi connectivity index (χ0) is 12.0. The van der Waals surface area contributed by atoms with E-state index in [-0.39, 0.29) is 17.8 Å². The minimum absolute atomic E-state index is 0. The molecule has 1 aliphatic heterocycles. The van der Waals surface area contributed by atoms with E-state index in [1.165, 1.54) is 0 Å².